The molecule has 1 heterocycles. The van der Waals surface area contributed by atoms with Crippen LogP contribution in [0.5, 0.6) is 0 Å². The Morgan fingerprint density at radius 2 is 2.24 bits per heavy atom. The molecule has 17 heavy (non-hydrogen) atoms. The Morgan fingerprint density at radius 3 is 2.82 bits per heavy atom. The lowest BCUT2D eigenvalue weighted by atomic mass is 10.1. The van der Waals surface area contributed by atoms with Gasteiger partial charge in [0.05, 0.1) is 0 Å². The predicted molar refractivity (Wildman–Crippen MR) is 65.3 cm³/mol. The lowest BCUT2D eigenvalue weighted by Crippen LogP contribution is -2.10. The molecule has 0 spiro atoms. The van der Waals surface area contributed by atoms with Crippen molar-refractivity contribution in [2.24, 2.45) is 7.05 Å². The van der Waals surface area contributed by atoms with E-state index >= 15 is 0 Å². The van der Waals surface area contributed by atoms with Crippen LogP contribution in [0.3, 0.4) is 0 Å². The molecule has 2 aromatic rings. The number of aryl methyl sites for hydroxylation is 1. The average Bonchev–Trinajstić information content (AvgIpc) is 2.62. The summed E-state index contributed by atoms with van der Waals surface area (Å²) in [5, 5.41) is 0. The van der Waals surface area contributed by atoms with Gasteiger partial charge >= 0.3 is 0 Å². The zero-order chi connectivity index (χ0) is 12.4. The number of rotatable bonds is 3. The third-order valence-electron chi connectivity index (χ3n) is 2.36. The molecule has 0 aliphatic carbocycles. The number of ketones is 1. The van der Waals surface area contributed by atoms with E-state index in [1.165, 1.54) is 12.1 Å². The molecule has 88 valence electrons. The maximum Gasteiger partial charge on any atom is 0.202 e. The van der Waals surface area contributed by atoms with Crippen molar-refractivity contribution in [1.82, 2.24) is 9.55 Å². The highest BCUT2D eigenvalue weighted by molar-refractivity contribution is 9.10. The van der Waals surface area contributed by atoms with Crippen LogP contribution in [0, 0.1) is 5.82 Å². The minimum absolute atomic E-state index is 0.130. The molecule has 0 bridgehead atoms. The van der Waals surface area contributed by atoms with Crippen molar-refractivity contribution in [3.05, 3.63) is 52.3 Å². The number of halogens is 2. The molecule has 0 saturated carbocycles. The number of imidazole rings is 1. The molecule has 0 radical (unpaired) electrons. The molecule has 0 atom stereocenters. The molecule has 2 rings (SSSR count). The first kappa shape index (κ1) is 12.0. The van der Waals surface area contributed by atoms with E-state index < -0.39 is 0 Å². The Balaban J connectivity index is 2.21. The summed E-state index contributed by atoms with van der Waals surface area (Å²) in [7, 11) is 1.75. The zero-order valence-electron chi connectivity index (χ0n) is 9.15. The molecule has 0 aliphatic heterocycles. The van der Waals surface area contributed by atoms with Crippen molar-refractivity contribution < 1.29 is 9.18 Å². The second-order valence-corrected chi connectivity index (χ2v) is 4.66. The van der Waals surface area contributed by atoms with Crippen molar-refractivity contribution in [2.45, 2.75) is 6.42 Å². The molecule has 1 aromatic carbocycles. The monoisotopic (exact) mass is 296 g/mol. The van der Waals surface area contributed by atoms with E-state index in [1.807, 2.05) is 0 Å². The number of hydrogen-bond acceptors (Lipinski definition) is 2. The van der Waals surface area contributed by atoms with Gasteiger partial charge in [0, 0.05) is 30.3 Å². The quantitative estimate of drug-likeness (QED) is 0.817. The van der Waals surface area contributed by atoms with Crippen LogP contribution in [0.25, 0.3) is 0 Å². The zero-order valence-corrected chi connectivity index (χ0v) is 10.7. The number of carbonyl (C=O) groups excluding carboxylic acids is 1. The average molecular weight is 297 g/mol. The van der Waals surface area contributed by atoms with Crippen molar-refractivity contribution in [3.63, 3.8) is 0 Å². The van der Waals surface area contributed by atoms with Crippen LogP contribution in [-0.4, -0.2) is 15.3 Å². The number of aromatic nitrogens is 2. The summed E-state index contributed by atoms with van der Waals surface area (Å²) < 4.78 is 15.4. The Labute approximate surface area is 106 Å². The Morgan fingerprint density at radius 1 is 1.47 bits per heavy atom. The lowest BCUT2D eigenvalue weighted by molar-refractivity contribution is 0.0980. The van der Waals surface area contributed by atoms with Gasteiger partial charge in [-0.25, -0.2) is 9.37 Å². The Kier molecular flexibility index (Phi) is 3.38. The van der Waals surface area contributed by atoms with Gasteiger partial charge < -0.3 is 4.57 Å². The van der Waals surface area contributed by atoms with Gasteiger partial charge in [-0.1, -0.05) is 15.9 Å². The van der Waals surface area contributed by atoms with E-state index in [0.29, 0.717) is 15.9 Å². The highest BCUT2D eigenvalue weighted by Gasteiger charge is 2.12. The molecule has 3 nitrogen and oxygen atoms in total. The summed E-state index contributed by atoms with van der Waals surface area (Å²) in [6, 6.07) is 4.43. The Hall–Kier alpha value is -1.49. The first-order valence-corrected chi connectivity index (χ1v) is 5.81. The first-order chi connectivity index (χ1) is 8.06. The van der Waals surface area contributed by atoms with Crippen molar-refractivity contribution >= 4 is 21.7 Å². The lowest BCUT2D eigenvalue weighted by Gasteiger charge is -2.03. The van der Waals surface area contributed by atoms with Crippen LogP contribution in [-0.2, 0) is 13.5 Å². The highest BCUT2D eigenvalue weighted by atomic mass is 79.9. The van der Waals surface area contributed by atoms with Gasteiger partial charge in [0.15, 0.2) is 5.82 Å². The SMILES string of the molecule is Cn1ccnc1C(=O)Cc1cc(F)cc(Br)c1. The largest absolute Gasteiger partial charge is 0.332 e. The van der Waals surface area contributed by atoms with E-state index in [1.54, 1.807) is 30.1 Å². The normalized spacial score (nSPS) is 10.5. The molecule has 0 N–H and O–H groups in total. The number of nitrogens with zero attached hydrogens (tertiary/aromatic N) is 2. The summed E-state index contributed by atoms with van der Waals surface area (Å²) in [6.07, 6.45) is 3.41. The molecule has 0 aliphatic rings. The van der Waals surface area contributed by atoms with Crippen molar-refractivity contribution in [1.29, 1.82) is 0 Å². The number of hydrogen-bond donors (Lipinski definition) is 0. The minimum atomic E-state index is -0.359. The number of Topliss-reactive ketones (excluding diaryl/α,β-unsaturated/α-hetero) is 1. The van der Waals surface area contributed by atoms with E-state index in [-0.39, 0.29) is 18.0 Å². The van der Waals surface area contributed by atoms with E-state index in [4.69, 9.17) is 0 Å². The summed E-state index contributed by atoms with van der Waals surface area (Å²) in [5.41, 5.74) is 0.630. The van der Waals surface area contributed by atoms with Gasteiger partial charge in [0.25, 0.3) is 0 Å². The third kappa shape index (κ3) is 2.79. The van der Waals surface area contributed by atoms with E-state index in [0.717, 1.165) is 0 Å². The van der Waals surface area contributed by atoms with Crippen molar-refractivity contribution in [2.75, 3.05) is 0 Å². The maximum absolute atomic E-state index is 13.1. The molecular formula is C12H10BrFN2O. The molecular weight excluding hydrogens is 287 g/mol. The third-order valence-corrected chi connectivity index (χ3v) is 2.82. The van der Waals surface area contributed by atoms with Crippen LogP contribution in [0.4, 0.5) is 4.39 Å². The number of carbonyl (C=O) groups is 1. The molecule has 0 unspecified atom stereocenters. The van der Waals surface area contributed by atoms with Crippen LogP contribution >= 0.6 is 15.9 Å². The standard InChI is InChI=1S/C12H10BrFN2O/c1-16-3-2-15-12(16)11(17)6-8-4-9(13)7-10(14)5-8/h2-5,7H,6H2,1H3. The smallest absolute Gasteiger partial charge is 0.202 e. The summed E-state index contributed by atoms with van der Waals surface area (Å²) in [5.74, 6) is -0.109. The van der Waals surface area contributed by atoms with Crippen LogP contribution in [0.15, 0.2) is 35.1 Å². The fourth-order valence-corrected chi connectivity index (χ4v) is 2.12. The fraction of sp³-hybridized carbons (Fsp3) is 0.167. The molecule has 0 amide bonds. The summed E-state index contributed by atoms with van der Waals surface area (Å²) in [6.45, 7) is 0. The second kappa shape index (κ2) is 4.79. The van der Waals surface area contributed by atoms with E-state index in [2.05, 4.69) is 20.9 Å². The molecule has 0 saturated heterocycles. The van der Waals surface area contributed by atoms with Crippen LogP contribution in [0.1, 0.15) is 16.2 Å². The highest BCUT2D eigenvalue weighted by Crippen LogP contribution is 2.16. The van der Waals surface area contributed by atoms with E-state index in [9.17, 15) is 9.18 Å². The van der Waals surface area contributed by atoms with Gasteiger partial charge in [0.1, 0.15) is 5.82 Å². The first-order valence-electron chi connectivity index (χ1n) is 5.02. The van der Waals surface area contributed by atoms with Gasteiger partial charge in [-0.3, -0.25) is 4.79 Å². The second-order valence-electron chi connectivity index (χ2n) is 3.74. The maximum atomic E-state index is 13.1. The number of benzene rings is 1. The summed E-state index contributed by atoms with van der Waals surface area (Å²) >= 11 is 3.19. The van der Waals surface area contributed by atoms with Crippen LogP contribution < -0.4 is 0 Å². The molecule has 0 fully saturated rings. The van der Waals surface area contributed by atoms with Gasteiger partial charge in [-0.15, -0.1) is 0 Å². The molecule has 1 aromatic heterocycles. The van der Waals surface area contributed by atoms with Crippen LogP contribution in [0.2, 0.25) is 0 Å². The molecule has 5 heteroatoms. The fourth-order valence-electron chi connectivity index (χ4n) is 1.61. The Bertz CT molecular complexity index is 545. The van der Waals surface area contributed by atoms with Gasteiger partial charge in [-0.2, -0.15) is 0 Å². The predicted octanol–water partition coefficient (Wildman–Crippen LogP) is 2.75. The topological polar surface area (TPSA) is 34.9 Å². The van der Waals surface area contributed by atoms with Crippen molar-refractivity contribution in [3.8, 4) is 0 Å². The van der Waals surface area contributed by atoms with Gasteiger partial charge in [0.2, 0.25) is 5.78 Å². The minimum Gasteiger partial charge on any atom is -0.332 e. The van der Waals surface area contributed by atoms with Gasteiger partial charge in [-0.05, 0) is 23.8 Å². The summed E-state index contributed by atoms with van der Waals surface area (Å²) in [4.78, 5) is 15.9.